The Balaban J connectivity index is 2.54. The van der Waals surface area contributed by atoms with Gasteiger partial charge in [0.2, 0.25) is 5.91 Å². The number of aliphatic hydroxyl groups excluding tert-OH is 1. The largest absolute Gasteiger partial charge is 0.391 e. The van der Waals surface area contributed by atoms with Crippen molar-refractivity contribution in [2.75, 3.05) is 6.54 Å². The molecular weight excluding hydrogens is 228 g/mol. The molecule has 0 fully saturated rings. The summed E-state index contributed by atoms with van der Waals surface area (Å²) in [6.45, 7) is 6.01. The highest BCUT2D eigenvalue weighted by Crippen LogP contribution is 2.11. The Kier molecular flexibility index (Phi) is 5.31. The van der Waals surface area contributed by atoms with E-state index in [1.807, 2.05) is 45.0 Å². The van der Waals surface area contributed by atoms with E-state index in [2.05, 4.69) is 5.32 Å². The van der Waals surface area contributed by atoms with Crippen LogP contribution in [-0.4, -0.2) is 23.7 Å². The number of amides is 1. The van der Waals surface area contributed by atoms with Crippen molar-refractivity contribution in [3.05, 3.63) is 35.4 Å². The van der Waals surface area contributed by atoms with Crippen LogP contribution in [0.3, 0.4) is 0 Å². The van der Waals surface area contributed by atoms with Gasteiger partial charge in [0, 0.05) is 6.54 Å². The Morgan fingerprint density at radius 1 is 1.33 bits per heavy atom. The van der Waals surface area contributed by atoms with Gasteiger partial charge in [-0.1, -0.05) is 43.7 Å². The first-order valence-corrected chi connectivity index (χ1v) is 6.19. The average molecular weight is 250 g/mol. The lowest BCUT2D eigenvalue weighted by atomic mass is 10.0. The third kappa shape index (κ3) is 4.13. The highest BCUT2D eigenvalue weighted by atomic mass is 16.3. The molecular formula is C14H22N2O2. The fraction of sp³-hybridized carbons (Fsp3) is 0.500. The number of nitrogens with two attached hydrogens (primary N) is 1. The quantitative estimate of drug-likeness (QED) is 0.733. The van der Waals surface area contributed by atoms with Crippen molar-refractivity contribution in [1.29, 1.82) is 0 Å². The molecule has 4 N–H and O–H groups in total. The highest BCUT2D eigenvalue weighted by molar-refractivity contribution is 5.82. The normalized spacial score (nSPS) is 14.3. The van der Waals surface area contributed by atoms with Gasteiger partial charge in [-0.15, -0.1) is 0 Å². The number of hydrogen-bond donors (Lipinski definition) is 3. The predicted octanol–water partition coefficient (Wildman–Crippen LogP) is 1.13. The van der Waals surface area contributed by atoms with Crippen molar-refractivity contribution in [2.24, 2.45) is 11.7 Å². The summed E-state index contributed by atoms with van der Waals surface area (Å²) in [7, 11) is 0. The van der Waals surface area contributed by atoms with Gasteiger partial charge in [0.25, 0.3) is 0 Å². The van der Waals surface area contributed by atoms with Gasteiger partial charge < -0.3 is 16.2 Å². The standard InChI is InChI=1S/C14H22N2O2/c1-9(2)12(17)8-16-14(18)13(15)11-6-4-10(3)5-7-11/h4-7,9,12-13,17H,8,15H2,1-3H3,(H,16,18). The van der Waals surface area contributed by atoms with Crippen LogP contribution >= 0.6 is 0 Å². The maximum absolute atomic E-state index is 11.8. The third-order valence-electron chi connectivity index (χ3n) is 2.97. The molecule has 4 heteroatoms. The second kappa shape index (κ2) is 6.52. The summed E-state index contributed by atoms with van der Waals surface area (Å²) in [6.07, 6.45) is -0.542. The lowest BCUT2D eigenvalue weighted by Gasteiger charge is -2.17. The molecule has 0 aliphatic rings. The van der Waals surface area contributed by atoms with Gasteiger partial charge in [-0.25, -0.2) is 0 Å². The van der Waals surface area contributed by atoms with Gasteiger partial charge in [-0.05, 0) is 18.4 Å². The van der Waals surface area contributed by atoms with Gasteiger partial charge in [-0.3, -0.25) is 4.79 Å². The van der Waals surface area contributed by atoms with E-state index in [9.17, 15) is 9.90 Å². The van der Waals surface area contributed by atoms with Crippen molar-refractivity contribution < 1.29 is 9.90 Å². The number of carbonyl (C=O) groups is 1. The van der Waals surface area contributed by atoms with E-state index in [1.165, 1.54) is 0 Å². The zero-order valence-corrected chi connectivity index (χ0v) is 11.2. The molecule has 1 aromatic carbocycles. The van der Waals surface area contributed by atoms with E-state index >= 15 is 0 Å². The first-order chi connectivity index (χ1) is 8.41. The van der Waals surface area contributed by atoms with E-state index < -0.39 is 12.1 Å². The number of benzene rings is 1. The molecule has 0 saturated carbocycles. The number of nitrogens with one attached hydrogen (secondary N) is 1. The van der Waals surface area contributed by atoms with E-state index in [4.69, 9.17) is 5.73 Å². The Labute approximate surface area is 108 Å². The van der Waals surface area contributed by atoms with Crippen LogP contribution in [0, 0.1) is 12.8 Å². The van der Waals surface area contributed by atoms with Crippen LogP contribution in [0.2, 0.25) is 0 Å². The number of rotatable bonds is 5. The first-order valence-electron chi connectivity index (χ1n) is 6.19. The molecule has 1 amide bonds. The molecule has 0 radical (unpaired) electrons. The maximum atomic E-state index is 11.8. The average Bonchev–Trinajstić information content (AvgIpc) is 2.35. The zero-order chi connectivity index (χ0) is 13.7. The molecule has 0 aliphatic carbocycles. The molecule has 0 bridgehead atoms. The first kappa shape index (κ1) is 14.7. The Bertz CT molecular complexity index is 387. The predicted molar refractivity (Wildman–Crippen MR) is 72.0 cm³/mol. The van der Waals surface area contributed by atoms with Crippen molar-refractivity contribution in [2.45, 2.75) is 32.9 Å². The van der Waals surface area contributed by atoms with Crippen LogP contribution in [0.15, 0.2) is 24.3 Å². The zero-order valence-electron chi connectivity index (χ0n) is 11.2. The molecule has 0 saturated heterocycles. The molecule has 18 heavy (non-hydrogen) atoms. The van der Waals surface area contributed by atoms with Crippen molar-refractivity contribution in [1.82, 2.24) is 5.32 Å². The molecule has 1 aromatic rings. The number of carbonyl (C=O) groups excluding carboxylic acids is 1. The number of aryl methyl sites for hydroxylation is 1. The van der Waals surface area contributed by atoms with Crippen LogP contribution in [-0.2, 0) is 4.79 Å². The van der Waals surface area contributed by atoms with E-state index in [1.54, 1.807) is 0 Å². The van der Waals surface area contributed by atoms with Crippen LogP contribution < -0.4 is 11.1 Å². The summed E-state index contributed by atoms with van der Waals surface area (Å²) in [5.41, 5.74) is 7.76. The lowest BCUT2D eigenvalue weighted by molar-refractivity contribution is -0.123. The molecule has 0 heterocycles. The highest BCUT2D eigenvalue weighted by Gasteiger charge is 2.17. The summed E-state index contributed by atoms with van der Waals surface area (Å²) < 4.78 is 0. The fourth-order valence-corrected chi connectivity index (χ4v) is 1.48. The smallest absolute Gasteiger partial charge is 0.241 e. The summed E-state index contributed by atoms with van der Waals surface area (Å²) in [5.74, 6) is -0.153. The Morgan fingerprint density at radius 2 is 1.89 bits per heavy atom. The van der Waals surface area contributed by atoms with Crippen LogP contribution in [0.5, 0.6) is 0 Å². The minimum absolute atomic E-state index is 0.112. The van der Waals surface area contributed by atoms with Gasteiger partial charge in [0.05, 0.1) is 6.10 Å². The molecule has 0 spiro atoms. The molecule has 1 rings (SSSR count). The summed E-state index contributed by atoms with van der Waals surface area (Å²) in [6, 6.07) is 6.85. The molecule has 2 atom stereocenters. The molecule has 0 aliphatic heterocycles. The van der Waals surface area contributed by atoms with E-state index in [0.29, 0.717) is 0 Å². The van der Waals surface area contributed by atoms with Crippen LogP contribution in [0.4, 0.5) is 0 Å². The minimum Gasteiger partial charge on any atom is -0.391 e. The van der Waals surface area contributed by atoms with Gasteiger partial charge in [0.15, 0.2) is 0 Å². The minimum atomic E-state index is -0.690. The number of hydrogen-bond acceptors (Lipinski definition) is 3. The molecule has 4 nitrogen and oxygen atoms in total. The molecule has 100 valence electrons. The number of aliphatic hydroxyl groups is 1. The van der Waals surface area contributed by atoms with Gasteiger partial charge >= 0.3 is 0 Å². The third-order valence-corrected chi connectivity index (χ3v) is 2.97. The van der Waals surface area contributed by atoms with Gasteiger partial charge in [0.1, 0.15) is 6.04 Å². The summed E-state index contributed by atoms with van der Waals surface area (Å²) in [4.78, 5) is 11.8. The van der Waals surface area contributed by atoms with Crippen LogP contribution in [0.25, 0.3) is 0 Å². The molecule has 2 unspecified atom stereocenters. The van der Waals surface area contributed by atoms with Gasteiger partial charge in [-0.2, -0.15) is 0 Å². The Hall–Kier alpha value is -1.39. The van der Waals surface area contributed by atoms with E-state index in [-0.39, 0.29) is 18.4 Å². The maximum Gasteiger partial charge on any atom is 0.241 e. The van der Waals surface area contributed by atoms with Crippen molar-refractivity contribution in [3.63, 3.8) is 0 Å². The lowest BCUT2D eigenvalue weighted by Crippen LogP contribution is -2.39. The summed E-state index contributed by atoms with van der Waals surface area (Å²) in [5, 5.41) is 12.3. The molecule has 0 aromatic heterocycles. The summed E-state index contributed by atoms with van der Waals surface area (Å²) >= 11 is 0. The Morgan fingerprint density at radius 3 is 2.39 bits per heavy atom. The van der Waals surface area contributed by atoms with Crippen molar-refractivity contribution in [3.8, 4) is 0 Å². The monoisotopic (exact) mass is 250 g/mol. The second-order valence-electron chi connectivity index (χ2n) is 4.94. The van der Waals surface area contributed by atoms with Crippen molar-refractivity contribution >= 4 is 5.91 Å². The second-order valence-corrected chi connectivity index (χ2v) is 4.94. The van der Waals surface area contributed by atoms with Crippen LogP contribution in [0.1, 0.15) is 31.0 Å². The fourth-order valence-electron chi connectivity index (χ4n) is 1.48. The SMILES string of the molecule is Cc1ccc(C(N)C(=O)NCC(O)C(C)C)cc1. The topological polar surface area (TPSA) is 75.4 Å². The van der Waals surface area contributed by atoms with E-state index in [0.717, 1.165) is 11.1 Å².